The summed E-state index contributed by atoms with van der Waals surface area (Å²) in [5.74, 6) is -1.23. The van der Waals surface area contributed by atoms with Gasteiger partial charge in [0.1, 0.15) is 0 Å². The van der Waals surface area contributed by atoms with E-state index in [1.54, 1.807) is 12.1 Å². The van der Waals surface area contributed by atoms with Crippen LogP contribution in [-0.4, -0.2) is 50.3 Å². The van der Waals surface area contributed by atoms with E-state index in [4.69, 9.17) is 18.9 Å². The number of esters is 4. The molecule has 0 radical (unpaired) electrons. The van der Waals surface area contributed by atoms with E-state index >= 15 is 0 Å². The largest absolute Gasteiger partial charge is 0.462 e. The summed E-state index contributed by atoms with van der Waals surface area (Å²) in [6.45, 7) is 18.1. The molecule has 0 saturated heterocycles. The van der Waals surface area contributed by atoms with Crippen LogP contribution < -0.4 is 0 Å². The van der Waals surface area contributed by atoms with Gasteiger partial charge in [-0.2, -0.15) is 0 Å². The molecule has 0 aliphatic heterocycles. The molecule has 60 heavy (non-hydrogen) atoms. The second-order valence-corrected chi connectivity index (χ2v) is 17.1. The number of carbonyl (C=O) groups excluding carboxylic acids is 4. The van der Waals surface area contributed by atoms with Crippen LogP contribution in [0.5, 0.6) is 0 Å². The zero-order valence-corrected chi connectivity index (χ0v) is 38.2. The highest BCUT2D eigenvalue weighted by molar-refractivity contribution is 6.32. The van der Waals surface area contributed by atoms with Gasteiger partial charge < -0.3 is 18.9 Å². The second kappa shape index (κ2) is 24.9. The van der Waals surface area contributed by atoms with Crippen molar-refractivity contribution >= 4 is 56.2 Å². The van der Waals surface area contributed by atoms with Crippen LogP contribution in [0.3, 0.4) is 0 Å². The Hall–Kier alpha value is -4.20. The van der Waals surface area contributed by atoms with Crippen molar-refractivity contribution < 1.29 is 38.1 Å². The lowest BCUT2D eigenvalue weighted by atomic mass is 9.86. The Bertz CT molecular complexity index is 1710. The smallest absolute Gasteiger partial charge is 0.338 e. The van der Waals surface area contributed by atoms with Gasteiger partial charge >= 0.3 is 23.9 Å². The highest BCUT2D eigenvalue weighted by Crippen LogP contribution is 2.42. The maximum Gasteiger partial charge on any atom is 0.338 e. The molecule has 0 saturated carbocycles. The molecule has 4 rings (SSSR count). The summed E-state index contributed by atoms with van der Waals surface area (Å²) in [7, 11) is 0. The Morgan fingerprint density at radius 3 is 0.783 bits per heavy atom. The molecular formula is C52H74O8. The molecule has 0 N–H and O–H groups in total. The van der Waals surface area contributed by atoms with Crippen LogP contribution in [0.15, 0.2) is 36.4 Å². The summed E-state index contributed by atoms with van der Waals surface area (Å²) < 4.78 is 24.1. The van der Waals surface area contributed by atoms with E-state index in [1.807, 2.05) is 24.3 Å². The first-order valence-electron chi connectivity index (χ1n) is 23.6. The lowest BCUT2D eigenvalue weighted by Gasteiger charge is -2.21. The van der Waals surface area contributed by atoms with Gasteiger partial charge in [-0.25, -0.2) is 19.2 Å². The Kier molecular flexibility index (Phi) is 20.1. The van der Waals surface area contributed by atoms with E-state index in [2.05, 4.69) is 55.4 Å². The number of benzene rings is 4. The van der Waals surface area contributed by atoms with E-state index < -0.39 is 23.9 Å². The molecule has 4 aromatic carbocycles. The lowest BCUT2D eigenvalue weighted by Crippen LogP contribution is -2.18. The first-order chi connectivity index (χ1) is 29.1. The molecule has 8 nitrogen and oxygen atoms in total. The van der Waals surface area contributed by atoms with Crippen molar-refractivity contribution in [3.05, 3.63) is 58.7 Å². The monoisotopic (exact) mass is 827 g/mol. The molecule has 0 bridgehead atoms. The summed E-state index contributed by atoms with van der Waals surface area (Å²) in [5.41, 5.74) is 0.973. The molecule has 0 amide bonds. The number of unbranched alkanes of at least 4 members (excludes halogenated alkanes) is 4. The minimum absolute atomic E-state index is 0.220. The van der Waals surface area contributed by atoms with Gasteiger partial charge in [0, 0.05) is 0 Å². The van der Waals surface area contributed by atoms with Crippen LogP contribution in [0, 0.1) is 23.7 Å². The molecule has 0 aliphatic rings. The van der Waals surface area contributed by atoms with Crippen molar-refractivity contribution in [3.63, 3.8) is 0 Å². The van der Waals surface area contributed by atoms with Crippen LogP contribution in [-0.2, 0) is 18.9 Å². The van der Waals surface area contributed by atoms with Crippen molar-refractivity contribution in [2.75, 3.05) is 26.4 Å². The predicted octanol–water partition coefficient (Wildman–Crippen LogP) is 14.1. The minimum Gasteiger partial charge on any atom is -0.462 e. The molecule has 8 heteroatoms. The third-order valence-electron chi connectivity index (χ3n) is 12.8. The van der Waals surface area contributed by atoms with Crippen LogP contribution in [0.25, 0.3) is 32.3 Å². The highest BCUT2D eigenvalue weighted by Gasteiger charge is 2.28. The van der Waals surface area contributed by atoms with E-state index in [0.717, 1.165) is 103 Å². The van der Waals surface area contributed by atoms with E-state index in [1.165, 1.54) is 0 Å². The maximum atomic E-state index is 14.2. The molecule has 0 fully saturated rings. The number of ether oxygens (including phenoxy) is 4. The molecule has 0 aromatic heterocycles. The summed E-state index contributed by atoms with van der Waals surface area (Å²) in [4.78, 5) is 56.9. The number of carbonyl (C=O) groups is 4. The molecule has 0 spiro atoms. The average molecular weight is 827 g/mol. The summed E-state index contributed by atoms with van der Waals surface area (Å²) in [6.07, 6.45) is 15.8. The van der Waals surface area contributed by atoms with Crippen molar-refractivity contribution in [1.29, 1.82) is 0 Å². The second-order valence-electron chi connectivity index (χ2n) is 17.1. The molecule has 0 heterocycles. The summed E-state index contributed by atoms with van der Waals surface area (Å²) >= 11 is 0. The predicted molar refractivity (Wildman–Crippen MR) is 244 cm³/mol. The normalized spacial score (nSPS) is 13.7. The van der Waals surface area contributed by atoms with Crippen molar-refractivity contribution in [1.82, 2.24) is 0 Å². The fourth-order valence-corrected chi connectivity index (χ4v) is 8.35. The summed E-state index contributed by atoms with van der Waals surface area (Å²) in [5, 5.41) is 3.47. The van der Waals surface area contributed by atoms with Gasteiger partial charge in [0.2, 0.25) is 0 Å². The average Bonchev–Trinajstić information content (AvgIpc) is 3.27. The Balaban J connectivity index is 1.95. The Morgan fingerprint density at radius 2 is 0.600 bits per heavy atom. The number of hydrogen-bond acceptors (Lipinski definition) is 8. The van der Waals surface area contributed by atoms with Gasteiger partial charge in [0.15, 0.2) is 0 Å². The third-order valence-corrected chi connectivity index (χ3v) is 12.8. The molecule has 4 aromatic rings. The molecule has 4 unspecified atom stereocenters. The molecular weight excluding hydrogens is 753 g/mol. The van der Waals surface area contributed by atoms with Crippen molar-refractivity contribution in [2.24, 2.45) is 23.7 Å². The Labute approximate surface area is 360 Å². The zero-order valence-electron chi connectivity index (χ0n) is 38.2. The van der Waals surface area contributed by atoms with Crippen LogP contribution in [0.2, 0.25) is 0 Å². The summed E-state index contributed by atoms with van der Waals surface area (Å²) in [6, 6.07) is 10.5. The molecule has 330 valence electrons. The standard InChI is InChI=1S/C52H74O8/c1-9-17-21-35(13-5)31-57-49(53)43-29-44(50(54)58-32-36(14-6)22-18-10-2)40-27-28-42-46(52(56)60-34-38(16-8)24-20-12-4)30-45(41-26-25-39(43)47(40)48(41)42)51(55)59-33-37(15-7)23-19-11-3/h25-30,35-38H,9-24,31-34H2,1-8H3. The highest BCUT2D eigenvalue weighted by atomic mass is 16.5. The van der Waals surface area contributed by atoms with Crippen LogP contribution in [0.4, 0.5) is 0 Å². The lowest BCUT2D eigenvalue weighted by molar-refractivity contribution is 0.0411. The van der Waals surface area contributed by atoms with Gasteiger partial charge in [0.25, 0.3) is 0 Å². The quantitative estimate of drug-likeness (QED) is 0.0317. The first kappa shape index (κ1) is 48.5. The van der Waals surface area contributed by atoms with E-state index in [0.29, 0.717) is 32.3 Å². The fourth-order valence-electron chi connectivity index (χ4n) is 8.35. The number of hydrogen-bond donors (Lipinski definition) is 0. The zero-order chi connectivity index (χ0) is 43.6. The molecule has 0 aliphatic carbocycles. The third kappa shape index (κ3) is 12.4. The van der Waals surface area contributed by atoms with Crippen LogP contribution >= 0.6 is 0 Å². The van der Waals surface area contributed by atoms with E-state index in [9.17, 15) is 19.2 Å². The van der Waals surface area contributed by atoms with Crippen LogP contribution in [0.1, 0.15) is 200 Å². The van der Waals surface area contributed by atoms with Gasteiger partial charge in [-0.3, -0.25) is 0 Å². The minimum atomic E-state index is -0.527. The van der Waals surface area contributed by atoms with Gasteiger partial charge in [-0.1, -0.05) is 157 Å². The van der Waals surface area contributed by atoms with Crippen molar-refractivity contribution in [2.45, 2.75) is 158 Å². The number of rotatable bonds is 28. The maximum absolute atomic E-state index is 14.2. The first-order valence-corrected chi connectivity index (χ1v) is 23.6. The van der Waals surface area contributed by atoms with E-state index in [-0.39, 0.29) is 72.4 Å². The van der Waals surface area contributed by atoms with Crippen molar-refractivity contribution in [3.8, 4) is 0 Å². The fraction of sp³-hybridized carbons (Fsp3) is 0.615. The Morgan fingerprint density at radius 1 is 0.383 bits per heavy atom. The molecule has 4 atom stereocenters. The SMILES string of the molecule is CCCCC(CC)COC(=O)c1cc(C(=O)OCC(CC)CCCC)c2ccc3c(C(=O)OCC(CC)CCCC)cc(C(=O)OCC(CC)CCCC)c4ccc1c2c43. The van der Waals surface area contributed by atoms with Gasteiger partial charge in [0.05, 0.1) is 48.7 Å². The topological polar surface area (TPSA) is 105 Å². The van der Waals surface area contributed by atoms with Gasteiger partial charge in [-0.15, -0.1) is 0 Å². The van der Waals surface area contributed by atoms with Gasteiger partial charge in [-0.05, 0) is 93.8 Å².